The van der Waals surface area contributed by atoms with Crippen molar-refractivity contribution in [2.75, 3.05) is 0 Å². The van der Waals surface area contributed by atoms with Crippen LogP contribution in [0, 0.1) is 12.1 Å². The van der Waals surface area contributed by atoms with E-state index in [9.17, 15) is 0 Å². The molecule has 3 aromatic heterocycles. The van der Waals surface area contributed by atoms with E-state index in [2.05, 4.69) is 60.7 Å². The number of para-hydroxylation sites is 1. The van der Waals surface area contributed by atoms with Crippen molar-refractivity contribution in [1.29, 1.82) is 0 Å². The average Bonchev–Trinajstić information content (AvgIpc) is 3.34. The predicted octanol–water partition coefficient (Wildman–Crippen LogP) is 7.73. The van der Waals surface area contributed by atoms with Gasteiger partial charge in [-0.3, -0.25) is 9.97 Å². The molecule has 0 fully saturated rings. The first-order valence-corrected chi connectivity index (χ1v) is 12.3. The van der Waals surface area contributed by atoms with Gasteiger partial charge in [0, 0.05) is 43.1 Å². The molecule has 191 valence electrons. The Bertz CT molecular complexity index is 1540. The molecule has 3 aromatic carbocycles. The number of hydrogen-bond donors (Lipinski definition) is 0. The molecule has 0 amide bonds. The Kier molecular flexibility index (Phi) is 8.62. The molecule has 5 heteroatoms. The largest absolute Gasteiger partial charge is 0.332 e. The normalized spacial score (nSPS) is 10.8. The van der Waals surface area contributed by atoms with Gasteiger partial charge in [-0.05, 0) is 30.0 Å². The molecule has 0 N–H and O–H groups in total. The SMILES string of the molecule is CC(C)(C)c1cc2nc(-c3[c-]cccc3)n(-c3ccccc3)c2cn1.[Ir].[c-]1ccccc1-c1ccccn1. The Labute approximate surface area is 237 Å². The van der Waals surface area contributed by atoms with Crippen molar-refractivity contribution in [3.05, 3.63) is 133 Å². The van der Waals surface area contributed by atoms with Gasteiger partial charge >= 0.3 is 0 Å². The number of hydrogen-bond acceptors (Lipinski definition) is 3. The van der Waals surface area contributed by atoms with Crippen LogP contribution in [0.15, 0.2) is 116 Å². The third-order valence-corrected chi connectivity index (χ3v) is 5.92. The number of fused-ring (bicyclic) bond motifs is 1. The fourth-order valence-corrected chi connectivity index (χ4v) is 4.01. The van der Waals surface area contributed by atoms with Gasteiger partial charge in [0.15, 0.2) is 0 Å². The average molecular weight is 673 g/mol. The Morgan fingerprint density at radius 1 is 0.711 bits per heavy atom. The van der Waals surface area contributed by atoms with Gasteiger partial charge in [0.05, 0.1) is 23.1 Å². The summed E-state index contributed by atoms with van der Waals surface area (Å²) < 4.78 is 2.15. The number of nitrogens with zero attached hydrogens (tertiary/aromatic N) is 4. The van der Waals surface area contributed by atoms with Crippen LogP contribution in [-0.4, -0.2) is 19.5 Å². The van der Waals surface area contributed by atoms with E-state index in [0.717, 1.165) is 45.1 Å². The van der Waals surface area contributed by atoms with Gasteiger partial charge in [-0.25, -0.2) is 0 Å². The molecule has 3 heterocycles. The first-order chi connectivity index (χ1) is 18.0. The minimum Gasteiger partial charge on any atom is -0.332 e. The number of benzene rings is 3. The molecular formula is C33H28IrN4-2. The van der Waals surface area contributed by atoms with Crippen LogP contribution in [0.4, 0.5) is 0 Å². The van der Waals surface area contributed by atoms with Crippen molar-refractivity contribution in [3.63, 3.8) is 0 Å². The summed E-state index contributed by atoms with van der Waals surface area (Å²) in [5.41, 5.74) is 7.05. The zero-order valence-corrected chi connectivity index (χ0v) is 24.0. The Morgan fingerprint density at radius 3 is 1.97 bits per heavy atom. The molecule has 0 bridgehead atoms. The molecule has 0 spiro atoms. The molecule has 0 unspecified atom stereocenters. The first-order valence-electron chi connectivity index (χ1n) is 12.3. The van der Waals surface area contributed by atoms with Crippen LogP contribution >= 0.6 is 0 Å². The van der Waals surface area contributed by atoms with Gasteiger partial charge < -0.3 is 9.55 Å². The van der Waals surface area contributed by atoms with Gasteiger partial charge in [0.2, 0.25) is 0 Å². The van der Waals surface area contributed by atoms with Gasteiger partial charge in [-0.2, -0.15) is 0 Å². The van der Waals surface area contributed by atoms with E-state index >= 15 is 0 Å². The van der Waals surface area contributed by atoms with E-state index in [0.29, 0.717) is 0 Å². The number of rotatable bonds is 3. The van der Waals surface area contributed by atoms with Crippen molar-refractivity contribution in [3.8, 4) is 28.3 Å². The summed E-state index contributed by atoms with van der Waals surface area (Å²) in [7, 11) is 0. The molecule has 0 aliphatic rings. The fourth-order valence-electron chi connectivity index (χ4n) is 4.01. The summed E-state index contributed by atoms with van der Waals surface area (Å²) in [5.74, 6) is 0.884. The standard InChI is InChI=1S/C22H20N3.C11H8N.Ir/c1-22(2,3)20-14-18-19(15-23-20)25(17-12-8-5-9-13-17)21(24-18)16-10-6-4-7-11-16;1-2-6-10(7-3-1)11-8-4-5-9-12-11;/h4-10,12-15H,1-3H3;1-6,8-9H;/q2*-1;. The first kappa shape index (κ1) is 27.1. The maximum Gasteiger partial charge on any atom is 0.0822 e. The van der Waals surface area contributed by atoms with Crippen molar-refractivity contribution in [1.82, 2.24) is 19.5 Å². The summed E-state index contributed by atoms with van der Waals surface area (Å²) in [4.78, 5) is 13.8. The number of pyridine rings is 2. The molecule has 6 aromatic rings. The van der Waals surface area contributed by atoms with Gasteiger partial charge in [0.1, 0.15) is 0 Å². The van der Waals surface area contributed by atoms with Crippen molar-refractivity contribution < 1.29 is 20.1 Å². The Balaban J connectivity index is 0.000000218. The summed E-state index contributed by atoms with van der Waals surface area (Å²) in [6.45, 7) is 6.50. The predicted molar refractivity (Wildman–Crippen MR) is 150 cm³/mol. The van der Waals surface area contributed by atoms with Crippen LogP contribution in [0.5, 0.6) is 0 Å². The molecule has 0 saturated carbocycles. The third-order valence-electron chi connectivity index (χ3n) is 5.92. The second kappa shape index (κ2) is 12.1. The molecule has 1 radical (unpaired) electrons. The monoisotopic (exact) mass is 673 g/mol. The zero-order valence-electron chi connectivity index (χ0n) is 21.6. The fraction of sp³-hybridized carbons (Fsp3) is 0.121. The molecule has 6 rings (SSSR count). The summed E-state index contributed by atoms with van der Waals surface area (Å²) in [6.07, 6.45) is 3.72. The maximum atomic E-state index is 4.93. The molecule has 0 aliphatic heterocycles. The smallest absolute Gasteiger partial charge is 0.0822 e. The minimum absolute atomic E-state index is 0. The second-order valence-electron chi connectivity index (χ2n) is 9.68. The van der Waals surface area contributed by atoms with E-state index < -0.39 is 0 Å². The Morgan fingerprint density at radius 2 is 1.37 bits per heavy atom. The van der Waals surface area contributed by atoms with Crippen LogP contribution in [0.3, 0.4) is 0 Å². The van der Waals surface area contributed by atoms with Crippen LogP contribution in [0.2, 0.25) is 0 Å². The topological polar surface area (TPSA) is 43.6 Å². The molecule has 4 nitrogen and oxygen atoms in total. The van der Waals surface area contributed by atoms with E-state index in [4.69, 9.17) is 9.97 Å². The summed E-state index contributed by atoms with van der Waals surface area (Å²) in [5, 5.41) is 0. The van der Waals surface area contributed by atoms with Crippen LogP contribution in [0.1, 0.15) is 26.5 Å². The van der Waals surface area contributed by atoms with Crippen molar-refractivity contribution in [2.45, 2.75) is 26.2 Å². The zero-order chi connectivity index (χ0) is 25.7. The van der Waals surface area contributed by atoms with Gasteiger partial charge in [-0.15, -0.1) is 71.8 Å². The maximum absolute atomic E-state index is 4.93. The Hall–Kier alpha value is -3.92. The quantitative estimate of drug-likeness (QED) is 0.181. The molecule has 0 saturated heterocycles. The van der Waals surface area contributed by atoms with Gasteiger partial charge in [-0.1, -0.05) is 51.1 Å². The third kappa shape index (κ3) is 6.13. The van der Waals surface area contributed by atoms with E-state index in [1.807, 2.05) is 91.1 Å². The van der Waals surface area contributed by atoms with E-state index in [1.54, 1.807) is 6.20 Å². The number of aromatic nitrogens is 4. The molecule has 38 heavy (non-hydrogen) atoms. The van der Waals surface area contributed by atoms with E-state index in [-0.39, 0.29) is 25.5 Å². The van der Waals surface area contributed by atoms with Crippen molar-refractivity contribution >= 4 is 11.0 Å². The minimum atomic E-state index is -0.0102. The van der Waals surface area contributed by atoms with Crippen molar-refractivity contribution in [2.24, 2.45) is 0 Å². The van der Waals surface area contributed by atoms with E-state index in [1.165, 1.54) is 0 Å². The second-order valence-corrected chi connectivity index (χ2v) is 9.68. The summed E-state index contributed by atoms with van der Waals surface area (Å²) in [6, 6.07) is 40.4. The van der Waals surface area contributed by atoms with Gasteiger partial charge in [0.25, 0.3) is 0 Å². The van der Waals surface area contributed by atoms with Crippen LogP contribution < -0.4 is 0 Å². The van der Waals surface area contributed by atoms with Crippen LogP contribution in [0.25, 0.3) is 39.4 Å². The molecular weight excluding hydrogens is 645 g/mol. The number of imidazole rings is 1. The summed E-state index contributed by atoms with van der Waals surface area (Å²) >= 11 is 0. The molecule has 0 atom stereocenters. The molecule has 0 aliphatic carbocycles. The van der Waals surface area contributed by atoms with Crippen LogP contribution in [-0.2, 0) is 25.5 Å².